The highest BCUT2D eigenvalue weighted by Gasteiger charge is 2.23. The van der Waals surface area contributed by atoms with E-state index in [1.165, 1.54) is 4.68 Å². The number of rotatable bonds is 4. The number of aryl methyl sites for hydroxylation is 2. The van der Waals surface area contributed by atoms with E-state index in [0.29, 0.717) is 13.1 Å². The van der Waals surface area contributed by atoms with Crippen molar-refractivity contribution in [3.63, 3.8) is 0 Å². The lowest BCUT2D eigenvalue weighted by molar-refractivity contribution is -0.133. The minimum absolute atomic E-state index is 0.0244. The number of nitrogens with zero attached hydrogens (tertiary/aromatic N) is 4. The zero-order valence-electron chi connectivity index (χ0n) is 15.9. The summed E-state index contributed by atoms with van der Waals surface area (Å²) in [6.07, 6.45) is 4.01. The van der Waals surface area contributed by atoms with Crippen molar-refractivity contribution in [1.29, 1.82) is 0 Å². The molecule has 0 unspecified atom stereocenters. The smallest absolute Gasteiger partial charge is 0.267 e. The zero-order valence-corrected chi connectivity index (χ0v) is 16.7. The fourth-order valence-electron chi connectivity index (χ4n) is 3.97. The van der Waals surface area contributed by atoms with Crippen molar-refractivity contribution in [3.05, 3.63) is 62.5 Å². The zero-order chi connectivity index (χ0) is 19.5. The van der Waals surface area contributed by atoms with Crippen molar-refractivity contribution in [2.75, 3.05) is 26.2 Å². The summed E-state index contributed by atoms with van der Waals surface area (Å²) in [6.45, 7) is 3.71. The van der Waals surface area contributed by atoms with E-state index in [0.717, 1.165) is 67.2 Å². The number of aromatic nitrogens is 2. The molecule has 0 spiro atoms. The number of carbonyl (C=O) groups excluding carboxylic acids is 1. The van der Waals surface area contributed by atoms with E-state index in [9.17, 15) is 9.59 Å². The summed E-state index contributed by atoms with van der Waals surface area (Å²) in [5, 5.41) is 5.24. The van der Waals surface area contributed by atoms with E-state index in [2.05, 4.69) is 10.00 Å². The number of halogens is 1. The standard InChI is InChI=1S/C21H25ClN4O2/c22-18-7-3-1-6-17(18)14-24-9-11-25(12-10-24)21(28)15-26-20(27)13-16-5-2-4-8-19(16)23-26/h1,3,6-7,13H,2,4-5,8-12,14-15H2. The highest BCUT2D eigenvalue weighted by Crippen LogP contribution is 2.18. The van der Waals surface area contributed by atoms with Crippen molar-refractivity contribution < 1.29 is 4.79 Å². The van der Waals surface area contributed by atoms with Gasteiger partial charge in [0.2, 0.25) is 5.91 Å². The molecule has 2 aromatic rings. The van der Waals surface area contributed by atoms with Gasteiger partial charge in [-0.15, -0.1) is 0 Å². The number of hydrogen-bond acceptors (Lipinski definition) is 4. The van der Waals surface area contributed by atoms with Gasteiger partial charge in [0.05, 0.1) is 5.69 Å². The first-order valence-corrected chi connectivity index (χ1v) is 10.3. The molecule has 1 aliphatic carbocycles. The Morgan fingerprint density at radius 3 is 2.61 bits per heavy atom. The van der Waals surface area contributed by atoms with Gasteiger partial charge in [0.25, 0.3) is 5.56 Å². The van der Waals surface area contributed by atoms with Crippen LogP contribution < -0.4 is 5.56 Å². The Morgan fingerprint density at radius 1 is 1.07 bits per heavy atom. The molecular formula is C21H25ClN4O2. The Hall–Kier alpha value is -2.18. The predicted octanol–water partition coefficient (Wildman–Crippen LogP) is 2.12. The first-order chi connectivity index (χ1) is 13.6. The van der Waals surface area contributed by atoms with Gasteiger partial charge in [0.15, 0.2) is 0 Å². The molecule has 4 rings (SSSR count). The predicted molar refractivity (Wildman–Crippen MR) is 108 cm³/mol. The summed E-state index contributed by atoms with van der Waals surface area (Å²) in [4.78, 5) is 29.1. The van der Waals surface area contributed by atoms with Crippen LogP contribution >= 0.6 is 11.6 Å². The van der Waals surface area contributed by atoms with E-state index in [-0.39, 0.29) is 18.0 Å². The van der Waals surface area contributed by atoms with Gasteiger partial charge in [0.1, 0.15) is 6.54 Å². The summed E-state index contributed by atoms with van der Waals surface area (Å²) in [5.41, 5.74) is 2.96. The highest BCUT2D eigenvalue weighted by molar-refractivity contribution is 6.31. The van der Waals surface area contributed by atoms with Gasteiger partial charge in [-0.25, -0.2) is 4.68 Å². The quantitative estimate of drug-likeness (QED) is 0.788. The molecule has 1 saturated heterocycles. The first-order valence-electron chi connectivity index (χ1n) is 9.93. The lowest BCUT2D eigenvalue weighted by atomic mass is 9.97. The lowest BCUT2D eigenvalue weighted by Gasteiger charge is -2.35. The Labute approximate surface area is 169 Å². The first kappa shape index (κ1) is 19.2. The van der Waals surface area contributed by atoms with Crippen molar-refractivity contribution in [2.24, 2.45) is 0 Å². The van der Waals surface area contributed by atoms with Crippen LogP contribution in [0.4, 0.5) is 0 Å². The van der Waals surface area contributed by atoms with Crippen molar-refractivity contribution >= 4 is 17.5 Å². The third-order valence-corrected chi connectivity index (χ3v) is 6.00. The van der Waals surface area contributed by atoms with E-state index in [4.69, 9.17) is 11.6 Å². The lowest BCUT2D eigenvalue weighted by Crippen LogP contribution is -2.49. The summed E-state index contributed by atoms with van der Waals surface area (Å²) >= 11 is 6.25. The van der Waals surface area contributed by atoms with Gasteiger partial charge in [-0.1, -0.05) is 29.8 Å². The average Bonchev–Trinajstić information content (AvgIpc) is 2.71. The van der Waals surface area contributed by atoms with Crippen LogP contribution in [0.2, 0.25) is 5.02 Å². The Kier molecular flexibility index (Phi) is 5.78. The largest absolute Gasteiger partial charge is 0.339 e. The molecule has 1 fully saturated rings. The fraction of sp³-hybridized carbons (Fsp3) is 0.476. The molecule has 28 heavy (non-hydrogen) atoms. The molecule has 2 aliphatic rings. The van der Waals surface area contributed by atoms with Crippen LogP contribution in [0.15, 0.2) is 35.1 Å². The second-order valence-corrected chi connectivity index (χ2v) is 7.97. The Bertz CT molecular complexity index is 919. The minimum Gasteiger partial charge on any atom is -0.339 e. The molecule has 7 heteroatoms. The molecule has 0 bridgehead atoms. The van der Waals surface area contributed by atoms with Gasteiger partial charge < -0.3 is 4.90 Å². The Balaban J connectivity index is 1.34. The van der Waals surface area contributed by atoms with E-state index in [1.54, 1.807) is 6.07 Å². The summed E-state index contributed by atoms with van der Waals surface area (Å²) < 4.78 is 1.34. The number of hydrogen-bond donors (Lipinski definition) is 0. The van der Waals surface area contributed by atoms with Crippen LogP contribution in [0.25, 0.3) is 0 Å². The van der Waals surface area contributed by atoms with E-state index in [1.807, 2.05) is 29.2 Å². The van der Waals surface area contributed by atoms with Crippen molar-refractivity contribution in [2.45, 2.75) is 38.8 Å². The topological polar surface area (TPSA) is 58.4 Å². The molecule has 2 heterocycles. The van der Waals surface area contributed by atoms with E-state index >= 15 is 0 Å². The van der Waals surface area contributed by atoms with Crippen molar-refractivity contribution in [3.8, 4) is 0 Å². The molecule has 1 aliphatic heterocycles. The third kappa shape index (κ3) is 4.28. The summed E-state index contributed by atoms with van der Waals surface area (Å²) in [6, 6.07) is 9.52. The molecule has 0 atom stereocenters. The fourth-order valence-corrected chi connectivity index (χ4v) is 4.16. The molecule has 1 aromatic carbocycles. The maximum atomic E-state index is 12.7. The van der Waals surface area contributed by atoms with Gasteiger partial charge in [-0.3, -0.25) is 14.5 Å². The Morgan fingerprint density at radius 2 is 1.82 bits per heavy atom. The van der Waals surface area contributed by atoms with Crippen LogP contribution in [0.1, 0.15) is 29.7 Å². The number of amides is 1. The molecule has 1 amide bonds. The monoisotopic (exact) mass is 400 g/mol. The number of fused-ring (bicyclic) bond motifs is 1. The van der Waals surface area contributed by atoms with Gasteiger partial charge in [-0.2, -0.15) is 5.10 Å². The van der Waals surface area contributed by atoms with Crippen LogP contribution in [0, 0.1) is 0 Å². The molecule has 6 nitrogen and oxygen atoms in total. The van der Waals surface area contributed by atoms with E-state index < -0.39 is 0 Å². The third-order valence-electron chi connectivity index (χ3n) is 5.64. The molecule has 1 aromatic heterocycles. The molecule has 0 saturated carbocycles. The second kappa shape index (κ2) is 8.45. The number of carbonyl (C=O) groups is 1. The molecule has 0 N–H and O–H groups in total. The summed E-state index contributed by atoms with van der Waals surface area (Å²) in [5.74, 6) is -0.0391. The second-order valence-electron chi connectivity index (χ2n) is 7.57. The molecule has 0 radical (unpaired) electrons. The minimum atomic E-state index is -0.175. The van der Waals surface area contributed by atoms with Crippen molar-refractivity contribution in [1.82, 2.24) is 19.6 Å². The van der Waals surface area contributed by atoms with Gasteiger partial charge >= 0.3 is 0 Å². The molecular weight excluding hydrogens is 376 g/mol. The van der Waals surface area contributed by atoms with Gasteiger partial charge in [0, 0.05) is 43.8 Å². The molecule has 148 valence electrons. The van der Waals surface area contributed by atoms with Crippen LogP contribution in [0.5, 0.6) is 0 Å². The summed E-state index contributed by atoms with van der Waals surface area (Å²) in [7, 11) is 0. The number of benzene rings is 1. The van der Waals surface area contributed by atoms with Crippen LogP contribution in [-0.2, 0) is 30.7 Å². The highest BCUT2D eigenvalue weighted by atomic mass is 35.5. The SMILES string of the molecule is O=C(Cn1nc2c(cc1=O)CCCC2)N1CCN(Cc2ccccc2Cl)CC1. The van der Waals surface area contributed by atoms with Gasteiger partial charge in [-0.05, 0) is 42.9 Å². The van der Waals surface area contributed by atoms with Crippen LogP contribution in [0.3, 0.4) is 0 Å². The average molecular weight is 401 g/mol. The maximum Gasteiger partial charge on any atom is 0.267 e. The van der Waals surface area contributed by atoms with Crippen LogP contribution in [-0.4, -0.2) is 51.7 Å². The normalized spacial score (nSPS) is 17.4. The maximum absolute atomic E-state index is 12.7. The number of piperazine rings is 1.